The van der Waals surface area contributed by atoms with Crippen molar-refractivity contribution in [2.24, 2.45) is 5.73 Å². The van der Waals surface area contributed by atoms with Gasteiger partial charge < -0.3 is 10.2 Å². The summed E-state index contributed by atoms with van der Waals surface area (Å²) in [5.41, 5.74) is 5.23. The molecule has 13 heavy (non-hydrogen) atoms. The molecule has 0 aliphatic rings. The topological polar surface area (TPSA) is 59.1 Å². The number of hydrogen-bond donors (Lipinski definition) is 2. The van der Waals surface area contributed by atoms with Crippen LogP contribution in [0.15, 0.2) is 0 Å². The Balaban J connectivity index is 3.45. The molecule has 0 aromatic rings. The van der Waals surface area contributed by atoms with Gasteiger partial charge in [0.15, 0.2) is 13.5 Å². The molecule has 0 aromatic carbocycles. The van der Waals surface area contributed by atoms with Crippen molar-refractivity contribution < 1.29 is 4.43 Å². The maximum absolute atomic E-state index is 7.03. The van der Waals surface area contributed by atoms with Gasteiger partial charge in [0, 0.05) is 12.4 Å². The SMILES string of the molecule is CCO[Si](C)(C)CCCSC(=N)N. The molecule has 0 atom stereocenters. The second-order valence-corrected chi connectivity index (χ2v) is 8.95. The van der Waals surface area contributed by atoms with Crippen molar-refractivity contribution in [1.82, 2.24) is 0 Å². The molecule has 3 N–H and O–H groups in total. The van der Waals surface area contributed by atoms with Crippen LogP contribution < -0.4 is 5.73 Å². The molecule has 0 fully saturated rings. The largest absolute Gasteiger partial charge is 0.418 e. The Morgan fingerprint density at radius 1 is 1.54 bits per heavy atom. The molecule has 0 heterocycles. The Labute approximate surface area is 86.1 Å². The zero-order valence-electron chi connectivity index (χ0n) is 8.72. The van der Waals surface area contributed by atoms with Crippen LogP contribution in [0.2, 0.25) is 19.1 Å². The molecular weight excluding hydrogens is 200 g/mol. The van der Waals surface area contributed by atoms with Gasteiger partial charge in [0.05, 0.1) is 0 Å². The van der Waals surface area contributed by atoms with Gasteiger partial charge in [0.2, 0.25) is 0 Å². The highest BCUT2D eigenvalue weighted by atomic mass is 32.2. The predicted molar refractivity (Wildman–Crippen MR) is 62.9 cm³/mol. The average molecular weight is 220 g/mol. The fraction of sp³-hybridized carbons (Fsp3) is 0.875. The Morgan fingerprint density at radius 3 is 2.62 bits per heavy atom. The summed E-state index contributed by atoms with van der Waals surface area (Å²) >= 11 is 1.42. The van der Waals surface area contributed by atoms with Crippen molar-refractivity contribution in [2.45, 2.75) is 32.5 Å². The summed E-state index contributed by atoms with van der Waals surface area (Å²) in [6, 6.07) is 1.15. The molecule has 0 radical (unpaired) electrons. The smallest absolute Gasteiger partial charge is 0.186 e. The van der Waals surface area contributed by atoms with E-state index in [1.807, 2.05) is 6.92 Å². The lowest BCUT2D eigenvalue weighted by atomic mass is 10.6. The summed E-state index contributed by atoms with van der Waals surface area (Å²) in [5, 5.41) is 7.25. The first-order valence-electron chi connectivity index (χ1n) is 4.58. The lowest BCUT2D eigenvalue weighted by Crippen LogP contribution is -2.30. The van der Waals surface area contributed by atoms with Crippen molar-refractivity contribution in [3.8, 4) is 0 Å². The average Bonchev–Trinajstić information content (AvgIpc) is 1.98. The highest BCUT2D eigenvalue weighted by molar-refractivity contribution is 8.13. The Kier molecular flexibility index (Phi) is 6.45. The minimum absolute atomic E-state index is 0.218. The van der Waals surface area contributed by atoms with E-state index < -0.39 is 8.32 Å². The monoisotopic (exact) mass is 220 g/mol. The minimum atomic E-state index is -1.40. The highest BCUT2D eigenvalue weighted by Gasteiger charge is 2.20. The maximum atomic E-state index is 7.03. The number of nitrogens with two attached hydrogens (primary N) is 1. The summed E-state index contributed by atoms with van der Waals surface area (Å²) in [7, 11) is -1.40. The molecule has 0 bridgehead atoms. The fourth-order valence-electron chi connectivity index (χ4n) is 1.14. The number of hydrogen-bond acceptors (Lipinski definition) is 3. The van der Waals surface area contributed by atoms with Gasteiger partial charge in [0.25, 0.3) is 0 Å². The summed E-state index contributed by atoms with van der Waals surface area (Å²) in [4.78, 5) is 0. The van der Waals surface area contributed by atoms with Crippen molar-refractivity contribution in [1.29, 1.82) is 5.41 Å². The van der Waals surface area contributed by atoms with Gasteiger partial charge >= 0.3 is 0 Å². The Morgan fingerprint density at radius 2 is 2.15 bits per heavy atom. The summed E-state index contributed by atoms with van der Waals surface area (Å²) < 4.78 is 5.68. The number of thioether (sulfide) groups is 1. The second-order valence-electron chi connectivity index (χ2n) is 3.51. The first-order chi connectivity index (χ1) is 5.98. The third kappa shape index (κ3) is 8.33. The molecule has 0 aliphatic carbocycles. The van der Waals surface area contributed by atoms with Crippen LogP contribution in [-0.4, -0.2) is 25.8 Å². The Hall–Kier alpha value is -0.00312. The molecular formula is C8H20N2OSSi. The standard InChI is InChI=1S/C8H20N2OSSi/c1-4-11-13(2,3)7-5-6-12-8(9)10/h4-7H2,1-3H3,(H3,9,10). The normalized spacial score (nSPS) is 11.6. The van der Waals surface area contributed by atoms with Gasteiger partial charge in [-0.3, -0.25) is 5.41 Å². The highest BCUT2D eigenvalue weighted by Crippen LogP contribution is 2.15. The number of rotatable bonds is 6. The third-order valence-corrected chi connectivity index (χ3v) is 5.15. The van der Waals surface area contributed by atoms with Crippen molar-refractivity contribution in [3.05, 3.63) is 0 Å². The van der Waals surface area contributed by atoms with E-state index in [1.165, 1.54) is 11.8 Å². The van der Waals surface area contributed by atoms with Gasteiger partial charge in [-0.2, -0.15) is 0 Å². The van der Waals surface area contributed by atoms with E-state index in [9.17, 15) is 0 Å². The quantitative estimate of drug-likeness (QED) is 0.312. The van der Waals surface area contributed by atoms with Gasteiger partial charge in [-0.05, 0) is 32.5 Å². The molecule has 3 nitrogen and oxygen atoms in total. The van der Waals surface area contributed by atoms with Crippen LogP contribution in [0, 0.1) is 5.41 Å². The van der Waals surface area contributed by atoms with Crippen LogP contribution in [0.5, 0.6) is 0 Å². The molecule has 0 saturated carbocycles. The van der Waals surface area contributed by atoms with E-state index in [1.54, 1.807) is 0 Å². The van der Waals surface area contributed by atoms with Gasteiger partial charge in [-0.15, -0.1) is 0 Å². The van der Waals surface area contributed by atoms with Gasteiger partial charge in [-0.25, -0.2) is 0 Å². The van der Waals surface area contributed by atoms with Crippen LogP contribution >= 0.6 is 11.8 Å². The predicted octanol–water partition coefficient (Wildman–Crippen LogP) is 2.24. The summed E-state index contributed by atoms with van der Waals surface area (Å²) in [6.07, 6.45) is 1.10. The summed E-state index contributed by atoms with van der Waals surface area (Å²) in [5.74, 6) is 0.943. The van der Waals surface area contributed by atoms with Crippen LogP contribution in [0.25, 0.3) is 0 Å². The van der Waals surface area contributed by atoms with Crippen molar-refractivity contribution in [3.63, 3.8) is 0 Å². The molecule has 0 amide bonds. The number of amidine groups is 1. The zero-order chi connectivity index (χ0) is 10.3. The molecule has 0 aromatic heterocycles. The second kappa shape index (κ2) is 6.45. The number of nitrogens with one attached hydrogen (secondary N) is 1. The van der Waals surface area contributed by atoms with E-state index in [0.29, 0.717) is 0 Å². The maximum Gasteiger partial charge on any atom is 0.186 e. The lowest BCUT2D eigenvalue weighted by molar-refractivity contribution is 0.328. The molecule has 0 saturated heterocycles. The van der Waals surface area contributed by atoms with E-state index in [2.05, 4.69) is 13.1 Å². The molecule has 0 aliphatic heterocycles. The summed E-state index contributed by atoms with van der Waals surface area (Å²) in [6.45, 7) is 7.32. The molecule has 78 valence electrons. The molecule has 5 heteroatoms. The van der Waals surface area contributed by atoms with Gasteiger partial charge in [0.1, 0.15) is 0 Å². The van der Waals surface area contributed by atoms with Crippen molar-refractivity contribution >= 4 is 25.2 Å². The van der Waals surface area contributed by atoms with E-state index in [4.69, 9.17) is 15.6 Å². The van der Waals surface area contributed by atoms with E-state index in [0.717, 1.165) is 24.8 Å². The van der Waals surface area contributed by atoms with Crippen LogP contribution in [0.4, 0.5) is 0 Å². The van der Waals surface area contributed by atoms with Crippen LogP contribution in [-0.2, 0) is 4.43 Å². The first-order valence-corrected chi connectivity index (χ1v) is 8.69. The molecule has 0 unspecified atom stereocenters. The van der Waals surface area contributed by atoms with Crippen molar-refractivity contribution in [2.75, 3.05) is 12.4 Å². The molecule has 0 spiro atoms. The first kappa shape index (κ1) is 13.0. The fourth-order valence-corrected chi connectivity index (χ4v) is 3.86. The third-order valence-electron chi connectivity index (χ3n) is 1.72. The van der Waals surface area contributed by atoms with Crippen LogP contribution in [0.3, 0.4) is 0 Å². The lowest BCUT2D eigenvalue weighted by Gasteiger charge is -2.21. The Bertz CT molecular complexity index is 164. The van der Waals surface area contributed by atoms with Crippen LogP contribution in [0.1, 0.15) is 13.3 Å². The van der Waals surface area contributed by atoms with E-state index >= 15 is 0 Å². The minimum Gasteiger partial charge on any atom is -0.418 e. The van der Waals surface area contributed by atoms with E-state index in [-0.39, 0.29) is 5.17 Å². The molecule has 0 rings (SSSR count). The zero-order valence-corrected chi connectivity index (χ0v) is 10.5. The van der Waals surface area contributed by atoms with Gasteiger partial charge in [-0.1, -0.05) is 11.8 Å².